The molecule has 0 saturated carbocycles. The van der Waals surface area contributed by atoms with E-state index in [1.54, 1.807) is 0 Å². The molecule has 0 unspecified atom stereocenters. The van der Waals surface area contributed by atoms with Gasteiger partial charge in [-0.1, -0.05) is 6.07 Å². The molecule has 20 heavy (non-hydrogen) atoms. The van der Waals surface area contributed by atoms with Crippen LogP contribution in [-0.4, -0.2) is 48.9 Å². The number of hydrogen-bond donors (Lipinski definition) is 1. The summed E-state index contributed by atoms with van der Waals surface area (Å²) in [6.07, 6.45) is 3.34. The van der Waals surface area contributed by atoms with Crippen molar-refractivity contribution in [3.05, 3.63) is 30.5 Å². The summed E-state index contributed by atoms with van der Waals surface area (Å²) in [6, 6.07) is 8.27. The minimum Gasteiger partial charge on any atom is -0.398 e. The first-order chi connectivity index (χ1) is 9.68. The van der Waals surface area contributed by atoms with E-state index < -0.39 is 0 Å². The Kier molecular flexibility index (Phi) is 3.68. The molecule has 108 valence electrons. The van der Waals surface area contributed by atoms with Crippen molar-refractivity contribution in [1.29, 1.82) is 0 Å². The molecule has 2 heterocycles. The van der Waals surface area contributed by atoms with Gasteiger partial charge in [0.05, 0.1) is 32.3 Å². The number of nitrogens with zero attached hydrogens (tertiary/aromatic N) is 2. The van der Waals surface area contributed by atoms with E-state index in [0.29, 0.717) is 0 Å². The Morgan fingerprint density at radius 2 is 2.05 bits per heavy atom. The summed E-state index contributed by atoms with van der Waals surface area (Å²) in [4.78, 5) is 0. The predicted octanol–water partition coefficient (Wildman–Crippen LogP) is 2.09. The topological polar surface area (TPSA) is 40.2 Å². The molecule has 2 N–H and O–H groups in total. The van der Waals surface area contributed by atoms with E-state index in [1.807, 2.05) is 12.1 Å². The fraction of sp³-hybridized carbons (Fsp3) is 0.500. The van der Waals surface area contributed by atoms with E-state index in [-0.39, 0.29) is 0 Å². The van der Waals surface area contributed by atoms with Crippen LogP contribution in [0, 0.1) is 0 Å². The van der Waals surface area contributed by atoms with E-state index in [9.17, 15) is 0 Å². The molecule has 1 aliphatic rings. The van der Waals surface area contributed by atoms with Crippen LogP contribution in [0.3, 0.4) is 0 Å². The van der Waals surface area contributed by atoms with Gasteiger partial charge in [-0.15, -0.1) is 0 Å². The quantitative estimate of drug-likeness (QED) is 0.685. The molecule has 0 bridgehead atoms. The smallest absolute Gasteiger partial charge is 0.102 e. The highest BCUT2D eigenvalue weighted by molar-refractivity contribution is 5.91. The molecule has 1 saturated heterocycles. The van der Waals surface area contributed by atoms with Crippen molar-refractivity contribution in [2.45, 2.75) is 13.0 Å². The number of fused-ring (bicyclic) bond motifs is 1. The van der Waals surface area contributed by atoms with Gasteiger partial charge in [-0.2, -0.15) is 0 Å². The molecule has 3 rings (SSSR count). The van der Waals surface area contributed by atoms with Crippen LogP contribution in [0.15, 0.2) is 30.5 Å². The van der Waals surface area contributed by atoms with Crippen LogP contribution in [-0.2, 0) is 11.3 Å². The van der Waals surface area contributed by atoms with Gasteiger partial charge >= 0.3 is 0 Å². The number of hydrogen-bond acceptors (Lipinski definition) is 2. The lowest BCUT2D eigenvalue weighted by Gasteiger charge is -2.37. The minimum atomic E-state index is 0.869. The average molecular weight is 274 g/mol. The predicted molar refractivity (Wildman–Crippen MR) is 82.6 cm³/mol. The Morgan fingerprint density at radius 3 is 2.85 bits per heavy atom. The van der Waals surface area contributed by atoms with Crippen molar-refractivity contribution in [3.63, 3.8) is 0 Å². The van der Waals surface area contributed by atoms with Gasteiger partial charge in [-0.25, -0.2) is 0 Å². The summed E-state index contributed by atoms with van der Waals surface area (Å²) in [5, 5.41) is 1.17. The number of quaternary nitrogens is 1. The monoisotopic (exact) mass is 274 g/mol. The number of rotatable bonds is 4. The number of likely N-dealkylation sites (N-methyl/N-ethyl adjacent to an activating group) is 1. The largest absolute Gasteiger partial charge is 0.398 e. The normalized spacial score (nSPS) is 18.4. The summed E-state index contributed by atoms with van der Waals surface area (Å²) in [5.74, 6) is 0. The number of morpholine rings is 1. The van der Waals surface area contributed by atoms with Gasteiger partial charge in [0.25, 0.3) is 0 Å². The highest BCUT2D eigenvalue weighted by Gasteiger charge is 2.24. The zero-order valence-electron chi connectivity index (χ0n) is 12.2. The van der Waals surface area contributed by atoms with E-state index in [2.05, 4.69) is 29.9 Å². The number of benzene rings is 1. The molecule has 2 aromatic rings. The van der Waals surface area contributed by atoms with E-state index in [4.69, 9.17) is 10.5 Å². The highest BCUT2D eigenvalue weighted by Crippen LogP contribution is 2.22. The molecule has 1 fully saturated rings. The number of nitrogens with two attached hydrogens (primary N) is 1. The molecule has 0 radical (unpaired) electrons. The molecule has 1 aromatic heterocycles. The molecule has 0 spiro atoms. The molecule has 1 aromatic carbocycles. The van der Waals surface area contributed by atoms with Crippen molar-refractivity contribution in [3.8, 4) is 0 Å². The molecule has 0 aliphatic carbocycles. The van der Waals surface area contributed by atoms with Gasteiger partial charge in [0.2, 0.25) is 0 Å². The molecule has 0 amide bonds. The van der Waals surface area contributed by atoms with E-state index in [0.717, 1.165) is 43.0 Å². The van der Waals surface area contributed by atoms with E-state index >= 15 is 0 Å². The van der Waals surface area contributed by atoms with Crippen molar-refractivity contribution in [1.82, 2.24) is 4.57 Å². The molecular formula is C16H24N3O+. The maximum Gasteiger partial charge on any atom is 0.102 e. The van der Waals surface area contributed by atoms with Crippen LogP contribution in [0.1, 0.15) is 6.42 Å². The SMILES string of the molecule is C[N+]1(CCCn2ccc3c(N)cccc32)CCOCC1. The van der Waals surface area contributed by atoms with Crippen LogP contribution in [0.2, 0.25) is 0 Å². The molecule has 1 aliphatic heterocycles. The van der Waals surface area contributed by atoms with Crippen LogP contribution in [0.5, 0.6) is 0 Å². The minimum absolute atomic E-state index is 0.869. The molecular weight excluding hydrogens is 250 g/mol. The lowest BCUT2D eigenvalue weighted by molar-refractivity contribution is -0.917. The standard InChI is InChI=1S/C16H24N3O/c1-19(10-12-20-13-11-19)9-3-7-18-8-6-14-15(17)4-2-5-16(14)18/h2,4-6,8H,3,7,9-13,17H2,1H3/q+1. The van der Waals surface area contributed by atoms with Crippen LogP contribution in [0.4, 0.5) is 5.69 Å². The summed E-state index contributed by atoms with van der Waals surface area (Å²) in [7, 11) is 2.34. The van der Waals surface area contributed by atoms with Gasteiger partial charge in [0, 0.05) is 30.2 Å². The van der Waals surface area contributed by atoms with Gasteiger partial charge in [0.15, 0.2) is 0 Å². The van der Waals surface area contributed by atoms with Gasteiger partial charge < -0.3 is 19.5 Å². The van der Waals surface area contributed by atoms with Crippen molar-refractivity contribution in [2.75, 3.05) is 45.6 Å². The number of anilines is 1. The van der Waals surface area contributed by atoms with Crippen LogP contribution < -0.4 is 5.73 Å². The fourth-order valence-corrected chi connectivity index (χ4v) is 3.07. The Hall–Kier alpha value is -1.52. The Labute approximate surface area is 120 Å². The van der Waals surface area contributed by atoms with Gasteiger partial charge in [-0.3, -0.25) is 0 Å². The second-order valence-electron chi connectivity index (χ2n) is 6.05. The zero-order valence-corrected chi connectivity index (χ0v) is 12.2. The Morgan fingerprint density at radius 1 is 1.25 bits per heavy atom. The first-order valence-corrected chi connectivity index (χ1v) is 7.43. The third-order valence-electron chi connectivity index (χ3n) is 4.50. The molecule has 4 heteroatoms. The third-order valence-corrected chi connectivity index (χ3v) is 4.50. The van der Waals surface area contributed by atoms with Crippen LogP contribution in [0.25, 0.3) is 10.9 Å². The summed E-state index contributed by atoms with van der Waals surface area (Å²) in [5.41, 5.74) is 8.12. The lowest BCUT2D eigenvalue weighted by Crippen LogP contribution is -2.52. The fourth-order valence-electron chi connectivity index (χ4n) is 3.07. The van der Waals surface area contributed by atoms with Crippen molar-refractivity contribution in [2.24, 2.45) is 0 Å². The van der Waals surface area contributed by atoms with Crippen LogP contribution >= 0.6 is 0 Å². The summed E-state index contributed by atoms with van der Waals surface area (Å²) < 4.78 is 8.91. The second kappa shape index (κ2) is 5.46. The number of ether oxygens (including phenoxy) is 1. The summed E-state index contributed by atoms with van der Waals surface area (Å²) >= 11 is 0. The van der Waals surface area contributed by atoms with Gasteiger partial charge in [-0.05, 0) is 18.2 Å². The Bertz CT molecular complexity index is 584. The lowest BCUT2D eigenvalue weighted by atomic mass is 10.2. The van der Waals surface area contributed by atoms with Crippen molar-refractivity contribution < 1.29 is 9.22 Å². The maximum atomic E-state index is 6.01. The summed E-state index contributed by atoms with van der Waals surface area (Å²) in [6.45, 7) is 6.35. The number of aromatic nitrogens is 1. The number of nitrogen functional groups attached to an aromatic ring is 1. The first-order valence-electron chi connectivity index (χ1n) is 7.43. The zero-order chi connectivity index (χ0) is 14.0. The average Bonchev–Trinajstić information content (AvgIpc) is 2.84. The van der Waals surface area contributed by atoms with E-state index in [1.165, 1.54) is 23.9 Å². The first kappa shape index (κ1) is 13.5. The van der Waals surface area contributed by atoms with Gasteiger partial charge in [0.1, 0.15) is 13.1 Å². The molecule has 4 nitrogen and oxygen atoms in total. The second-order valence-corrected chi connectivity index (χ2v) is 6.05. The highest BCUT2D eigenvalue weighted by atomic mass is 16.5. The Balaban J connectivity index is 1.64. The molecule has 0 atom stereocenters. The number of aryl methyl sites for hydroxylation is 1. The third kappa shape index (κ3) is 2.67. The van der Waals surface area contributed by atoms with Crippen molar-refractivity contribution >= 4 is 16.6 Å². The maximum absolute atomic E-state index is 6.01.